The minimum Gasteiger partial charge on any atom is -0.321 e. The Bertz CT molecular complexity index is 577. The first kappa shape index (κ1) is 13.3. The first-order valence-electron chi connectivity index (χ1n) is 5.75. The normalized spacial score (nSPS) is 10.4. The van der Waals surface area contributed by atoms with Crippen LogP contribution in [0, 0.1) is 6.92 Å². The molecular formula is C14H14BrNOS. The molecular weight excluding hydrogens is 310 g/mol. The zero-order chi connectivity index (χ0) is 13.1. The lowest BCUT2D eigenvalue weighted by atomic mass is 10.1. The number of hydrogen-bond donors (Lipinski definition) is 1. The number of rotatable bonds is 3. The number of nitrogens with one attached hydrogen (secondary N) is 1. The van der Waals surface area contributed by atoms with Gasteiger partial charge in [0, 0.05) is 10.2 Å². The third-order valence-corrected chi connectivity index (χ3v) is 4.22. The van der Waals surface area contributed by atoms with Crippen molar-refractivity contribution < 1.29 is 4.79 Å². The molecule has 0 fully saturated rings. The first-order valence-corrected chi connectivity index (χ1v) is 7.43. The number of carbonyl (C=O) groups excluding carboxylic acids is 1. The molecule has 0 aliphatic heterocycles. The van der Waals surface area contributed by atoms with E-state index in [1.54, 1.807) is 0 Å². The van der Waals surface area contributed by atoms with Crippen molar-refractivity contribution in [3.63, 3.8) is 0 Å². The van der Waals surface area contributed by atoms with E-state index in [0.29, 0.717) is 0 Å². The van der Waals surface area contributed by atoms with E-state index in [1.165, 1.54) is 11.3 Å². The van der Waals surface area contributed by atoms with Gasteiger partial charge < -0.3 is 5.32 Å². The molecule has 2 nitrogen and oxygen atoms in total. The molecule has 18 heavy (non-hydrogen) atoms. The van der Waals surface area contributed by atoms with Crippen molar-refractivity contribution in [1.82, 2.24) is 0 Å². The summed E-state index contributed by atoms with van der Waals surface area (Å²) in [6, 6.07) is 7.84. The molecule has 1 aromatic carbocycles. The lowest BCUT2D eigenvalue weighted by Gasteiger charge is -2.08. The molecule has 1 aromatic heterocycles. The maximum atomic E-state index is 12.2. The van der Waals surface area contributed by atoms with Gasteiger partial charge in [0.05, 0.1) is 4.88 Å². The number of benzene rings is 1. The van der Waals surface area contributed by atoms with Gasteiger partial charge in [-0.1, -0.05) is 22.9 Å². The van der Waals surface area contributed by atoms with Crippen LogP contribution >= 0.6 is 27.3 Å². The largest absolute Gasteiger partial charge is 0.321 e. The Labute approximate surface area is 119 Å². The average molecular weight is 324 g/mol. The number of amides is 1. The molecule has 0 unspecified atom stereocenters. The molecule has 4 heteroatoms. The molecule has 0 saturated carbocycles. The average Bonchev–Trinajstić information content (AvgIpc) is 2.81. The van der Waals surface area contributed by atoms with Crippen molar-refractivity contribution in [3.05, 3.63) is 50.1 Å². The summed E-state index contributed by atoms with van der Waals surface area (Å²) in [4.78, 5) is 13.0. The predicted molar refractivity (Wildman–Crippen MR) is 80.5 cm³/mol. The standard InChI is InChI=1S/C14H14BrNOS/c1-3-10-6-7-18-13(10)14(17)16-12-5-4-11(15)8-9(12)2/h4-8H,3H2,1-2H3,(H,16,17). The summed E-state index contributed by atoms with van der Waals surface area (Å²) in [7, 11) is 0. The fraction of sp³-hybridized carbons (Fsp3) is 0.214. The van der Waals surface area contributed by atoms with Crippen LogP contribution in [0.25, 0.3) is 0 Å². The van der Waals surface area contributed by atoms with Gasteiger partial charge in [-0.3, -0.25) is 4.79 Å². The van der Waals surface area contributed by atoms with E-state index in [0.717, 1.165) is 32.6 Å². The van der Waals surface area contributed by atoms with Gasteiger partial charge in [-0.2, -0.15) is 0 Å². The number of carbonyl (C=O) groups is 1. The van der Waals surface area contributed by atoms with Gasteiger partial charge in [0.2, 0.25) is 0 Å². The topological polar surface area (TPSA) is 29.1 Å². The molecule has 2 rings (SSSR count). The van der Waals surface area contributed by atoms with E-state index in [4.69, 9.17) is 0 Å². The van der Waals surface area contributed by atoms with E-state index in [1.807, 2.05) is 36.6 Å². The molecule has 2 aromatic rings. The van der Waals surface area contributed by atoms with Gasteiger partial charge >= 0.3 is 0 Å². The molecule has 0 aliphatic carbocycles. The quantitative estimate of drug-likeness (QED) is 0.876. The van der Waals surface area contributed by atoms with Gasteiger partial charge in [0.15, 0.2) is 0 Å². The lowest BCUT2D eigenvalue weighted by Crippen LogP contribution is -2.12. The Morgan fingerprint density at radius 1 is 1.39 bits per heavy atom. The monoisotopic (exact) mass is 323 g/mol. The van der Waals surface area contributed by atoms with Crippen LogP contribution in [0.15, 0.2) is 34.1 Å². The summed E-state index contributed by atoms with van der Waals surface area (Å²) in [5.41, 5.74) is 3.01. The second-order valence-electron chi connectivity index (χ2n) is 4.04. The maximum Gasteiger partial charge on any atom is 0.266 e. The van der Waals surface area contributed by atoms with E-state index in [2.05, 4.69) is 28.2 Å². The van der Waals surface area contributed by atoms with Crippen LogP contribution in [-0.4, -0.2) is 5.91 Å². The summed E-state index contributed by atoms with van der Waals surface area (Å²) < 4.78 is 1.02. The molecule has 0 spiro atoms. The van der Waals surface area contributed by atoms with Crippen molar-refractivity contribution >= 4 is 38.9 Å². The number of halogens is 1. The van der Waals surface area contributed by atoms with Crippen molar-refractivity contribution in [2.45, 2.75) is 20.3 Å². The van der Waals surface area contributed by atoms with Crippen LogP contribution < -0.4 is 5.32 Å². The fourth-order valence-corrected chi connectivity index (χ4v) is 3.13. The van der Waals surface area contributed by atoms with Gasteiger partial charge in [0.1, 0.15) is 0 Å². The van der Waals surface area contributed by atoms with Crippen molar-refractivity contribution in [2.75, 3.05) is 5.32 Å². The predicted octanol–water partition coefficient (Wildman–Crippen LogP) is 4.63. The molecule has 94 valence electrons. The zero-order valence-electron chi connectivity index (χ0n) is 10.3. The van der Waals surface area contributed by atoms with Gasteiger partial charge in [-0.15, -0.1) is 11.3 Å². The second-order valence-corrected chi connectivity index (χ2v) is 5.87. The third-order valence-electron chi connectivity index (χ3n) is 2.77. The molecule has 1 N–H and O–H groups in total. The van der Waals surface area contributed by atoms with Gasteiger partial charge in [-0.25, -0.2) is 0 Å². The molecule has 0 saturated heterocycles. The van der Waals surface area contributed by atoms with E-state index >= 15 is 0 Å². The zero-order valence-corrected chi connectivity index (χ0v) is 12.7. The second kappa shape index (κ2) is 5.67. The Kier molecular flexibility index (Phi) is 4.19. The Morgan fingerprint density at radius 3 is 2.83 bits per heavy atom. The highest BCUT2D eigenvalue weighted by atomic mass is 79.9. The highest BCUT2D eigenvalue weighted by Crippen LogP contribution is 2.23. The van der Waals surface area contributed by atoms with Gasteiger partial charge in [0.25, 0.3) is 5.91 Å². The van der Waals surface area contributed by atoms with Crippen LogP contribution in [-0.2, 0) is 6.42 Å². The van der Waals surface area contributed by atoms with Crippen LogP contribution in [0.3, 0.4) is 0 Å². The van der Waals surface area contributed by atoms with E-state index < -0.39 is 0 Å². The maximum absolute atomic E-state index is 12.2. The minimum atomic E-state index is -0.0210. The van der Waals surface area contributed by atoms with Crippen molar-refractivity contribution in [1.29, 1.82) is 0 Å². The van der Waals surface area contributed by atoms with E-state index in [-0.39, 0.29) is 5.91 Å². The first-order chi connectivity index (χ1) is 8.61. The summed E-state index contributed by atoms with van der Waals surface area (Å²) >= 11 is 4.90. The minimum absolute atomic E-state index is 0.0210. The third kappa shape index (κ3) is 2.82. The van der Waals surface area contributed by atoms with E-state index in [9.17, 15) is 4.79 Å². The van der Waals surface area contributed by atoms with Crippen LogP contribution in [0.4, 0.5) is 5.69 Å². The smallest absolute Gasteiger partial charge is 0.266 e. The lowest BCUT2D eigenvalue weighted by molar-refractivity contribution is 0.102. The molecule has 0 bridgehead atoms. The fourth-order valence-electron chi connectivity index (χ4n) is 1.76. The number of anilines is 1. The number of thiophene rings is 1. The highest BCUT2D eigenvalue weighted by molar-refractivity contribution is 9.10. The molecule has 0 atom stereocenters. The SMILES string of the molecule is CCc1ccsc1C(=O)Nc1ccc(Br)cc1C. The Morgan fingerprint density at radius 2 is 2.17 bits per heavy atom. The number of aryl methyl sites for hydroxylation is 2. The van der Waals surface area contributed by atoms with Gasteiger partial charge in [-0.05, 0) is 54.1 Å². The van der Waals surface area contributed by atoms with Crippen molar-refractivity contribution in [3.8, 4) is 0 Å². The Hall–Kier alpha value is -1.13. The molecule has 0 aliphatic rings. The molecule has 1 heterocycles. The van der Waals surface area contributed by atoms with Crippen LogP contribution in [0.2, 0.25) is 0 Å². The van der Waals surface area contributed by atoms with Crippen molar-refractivity contribution in [2.24, 2.45) is 0 Å². The summed E-state index contributed by atoms with van der Waals surface area (Å²) in [5.74, 6) is -0.0210. The van der Waals surface area contributed by atoms with Crippen LogP contribution in [0.5, 0.6) is 0 Å². The summed E-state index contributed by atoms with van der Waals surface area (Å²) in [5, 5.41) is 4.93. The summed E-state index contributed by atoms with van der Waals surface area (Å²) in [6.45, 7) is 4.04. The Balaban J connectivity index is 2.21. The van der Waals surface area contributed by atoms with Crippen LogP contribution in [0.1, 0.15) is 27.7 Å². The summed E-state index contributed by atoms with van der Waals surface area (Å²) in [6.07, 6.45) is 0.881. The highest BCUT2D eigenvalue weighted by Gasteiger charge is 2.13. The molecule has 0 radical (unpaired) electrons. The number of hydrogen-bond acceptors (Lipinski definition) is 2. The molecule has 1 amide bonds.